The Labute approximate surface area is 113 Å². The summed E-state index contributed by atoms with van der Waals surface area (Å²) in [5, 5.41) is 9.43. The van der Waals surface area contributed by atoms with Crippen molar-refractivity contribution in [2.24, 2.45) is 0 Å². The van der Waals surface area contributed by atoms with Crippen LogP contribution in [0.1, 0.15) is 0 Å². The molecular formula is C12H10N2O2S2. The fourth-order valence-corrected chi connectivity index (χ4v) is 2.93. The summed E-state index contributed by atoms with van der Waals surface area (Å²) in [6.07, 6.45) is 5.12. The molecule has 0 atom stereocenters. The molecule has 0 saturated heterocycles. The van der Waals surface area contributed by atoms with Gasteiger partial charge in [-0.15, -0.1) is 0 Å². The van der Waals surface area contributed by atoms with Gasteiger partial charge in [0, 0.05) is 28.4 Å². The molecule has 2 aromatic heterocycles. The average Bonchev–Trinajstić information content (AvgIpc) is 2.39. The van der Waals surface area contributed by atoms with Crippen LogP contribution in [-0.2, 0) is 4.79 Å². The second-order valence-electron chi connectivity index (χ2n) is 3.27. The van der Waals surface area contributed by atoms with E-state index in [1.807, 2.05) is 24.3 Å². The van der Waals surface area contributed by atoms with Gasteiger partial charge in [0.15, 0.2) is 0 Å². The van der Waals surface area contributed by atoms with Crippen molar-refractivity contribution >= 4 is 29.5 Å². The SMILES string of the molecule is O=C(O)CSc1ncccc1Sc1ccncc1. The molecule has 0 aliphatic heterocycles. The lowest BCUT2D eigenvalue weighted by atomic mass is 10.5. The molecular weight excluding hydrogens is 268 g/mol. The molecule has 2 rings (SSSR count). The number of hydrogen-bond donors (Lipinski definition) is 1. The molecule has 0 aliphatic rings. The molecule has 0 bridgehead atoms. The summed E-state index contributed by atoms with van der Waals surface area (Å²) in [5.41, 5.74) is 0. The van der Waals surface area contributed by atoms with Crippen LogP contribution in [0.4, 0.5) is 0 Å². The summed E-state index contributed by atoms with van der Waals surface area (Å²) in [6.45, 7) is 0. The van der Waals surface area contributed by atoms with Crippen molar-refractivity contribution in [3.8, 4) is 0 Å². The second-order valence-corrected chi connectivity index (χ2v) is 5.35. The fraction of sp³-hybridized carbons (Fsp3) is 0.0833. The molecule has 18 heavy (non-hydrogen) atoms. The van der Waals surface area contributed by atoms with E-state index in [1.165, 1.54) is 11.8 Å². The van der Waals surface area contributed by atoms with E-state index in [0.717, 1.165) is 14.8 Å². The molecule has 0 aromatic carbocycles. The number of aliphatic carboxylic acids is 1. The number of carboxylic acid groups (broad SMARTS) is 1. The maximum atomic E-state index is 10.6. The molecule has 6 heteroatoms. The normalized spacial score (nSPS) is 10.2. The highest BCUT2D eigenvalue weighted by Gasteiger charge is 2.08. The summed E-state index contributed by atoms with van der Waals surface area (Å²) in [5.74, 6) is -0.827. The van der Waals surface area contributed by atoms with Crippen molar-refractivity contribution in [2.75, 3.05) is 5.75 Å². The van der Waals surface area contributed by atoms with Gasteiger partial charge in [-0.25, -0.2) is 4.98 Å². The minimum atomic E-state index is -0.842. The predicted molar refractivity (Wildman–Crippen MR) is 71.0 cm³/mol. The lowest BCUT2D eigenvalue weighted by Crippen LogP contribution is -1.98. The van der Waals surface area contributed by atoms with Crippen molar-refractivity contribution in [1.82, 2.24) is 9.97 Å². The Hall–Kier alpha value is -1.53. The molecule has 0 saturated carbocycles. The van der Waals surface area contributed by atoms with Crippen molar-refractivity contribution < 1.29 is 9.90 Å². The number of thioether (sulfide) groups is 1. The van der Waals surface area contributed by atoms with E-state index in [4.69, 9.17) is 5.11 Å². The van der Waals surface area contributed by atoms with Crippen LogP contribution in [0.2, 0.25) is 0 Å². The van der Waals surface area contributed by atoms with Crippen LogP contribution < -0.4 is 0 Å². The van der Waals surface area contributed by atoms with Gasteiger partial charge in [0.25, 0.3) is 0 Å². The summed E-state index contributed by atoms with van der Waals surface area (Å²) in [4.78, 5) is 20.8. The third kappa shape index (κ3) is 3.75. The molecule has 2 aromatic rings. The Kier molecular flexibility index (Phi) is 4.60. The zero-order valence-electron chi connectivity index (χ0n) is 9.31. The van der Waals surface area contributed by atoms with Crippen LogP contribution in [0.3, 0.4) is 0 Å². The molecule has 1 N–H and O–H groups in total. The average molecular weight is 278 g/mol. The highest BCUT2D eigenvalue weighted by Crippen LogP contribution is 2.33. The Morgan fingerprint density at radius 2 is 2.00 bits per heavy atom. The highest BCUT2D eigenvalue weighted by atomic mass is 32.2. The number of carbonyl (C=O) groups is 1. The molecule has 0 unspecified atom stereocenters. The summed E-state index contributed by atoms with van der Waals surface area (Å²) in [6, 6.07) is 7.59. The van der Waals surface area contributed by atoms with Gasteiger partial charge in [0.05, 0.1) is 5.75 Å². The molecule has 2 heterocycles. The Morgan fingerprint density at radius 1 is 1.22 bits per heavy atom. The molecule has 4 nitrogen and oxygen atoms in total. The standard InChI is InChI=1S/C12H10N2O2S2/c15-11(16)8-17-12-10(2-1-5-14-12)18-9-3-6-13-7-4-9/h1-7H,8H2,(H,15,16). The summed E-state index contributed by atoms with van der Waals surface area (Å²) in [7, 11) is 0. The first-order valence-corrected chi connectivity index (χ1v) is 6.93. The van der Waals surface area contributed by atoms with Gasteiger partial charge in [0.2, 0.25) is 0 Å². The lowest BCUT2D eigenvalue weighted by Gasteiger charge is -2.06. The van der Waals surface area contributed by atoms with E-state index in [-0.39, 0.29) is 5.75 Å². The summed E-state index contributed by atoms with van der Waals surface area (Å²) >= 11 is 2.78. The molecule has 0 spiro atoms. The lowest BCUT2D eigenvalue weighted by molar-refractivity contribution is -0.133. The van der Waals surface area contributed by atoms with E-state index < -0.39 is 5.97 Å². The van der Waals surface area contributed by atoms with E-state index in [2.05, 4.69) is 9.97 Å². The number of rotatable bonds is 5. The third-order valence-electron chi connectivity index (χ3n) is 1.95. The number of pyridine rings is 2. The third-order valence-corrected chi connectivity index (χ3v) is 4.12. The van der Waals surface area contributed by atoms with Crippen LogP contribution in [0.5, 0.6) is 0 Å². The minimum Gasteiger partial charge on any atom is -0.481 e. The first-order valence-electron chi connectivity index (χ1n) is 5.13. The van der Waals surface area contributed by atoms with Crippen LogP contribution in [-0.4, -0.2) is 26.8 Å². The number of hydrogen-bond acceptors (Lipinski definition) is 5. The molecule has 0 radical (unpaired) electrons. The second kappa shape index (κ2) is 6.42. The van der Waals surface area contributed by atoms with Crippen molar-refractivity contribution in [3.05, 3.63) is 42.9 Å². The Morgan fingerprint density at radius 3 is 2.72 bits per heavy atom. The molecule has 0 fully saturated rings. The van der Waals surface area contributed by atoms with E-state index in [0.29, 0.717) is 0 Å². The van der Waals surface area contributed by atoms with Gasteiger partial charge in [0.1, 0.15) is 5.03 Å². The minimum absolute atomic E-state index is 0.0148. The molecule has 0 aliphatic carbocycles. The maximum Gasteiger partial charge on any atom is 0.313 e. The zero-order chi connectivity index (χ0) is 12.8. The predicted octanol–water partition coefficient (Wildman–Crippen LogP) is 2.80. The number of carboxylic acids is 1. The maximum absolute atomic E-state index is 10.6. The Balaban J connectivity index is 2.14. The summed E-state index contributed by atoms with van der Waals surface area (Å²) < 4.78 is 0. The highest BCUT2D eigenvalue weighted by molar-refractivity contribution is 8.02. The largest absolute Gasteiger partial charge is 0.481 e. The topological polar surface area (TPSA) is 63.1 Å². The van der Waals surface area contributed by atoms with Gasteiger partial charge in [-0.2, -0.15) is 0 Å². The van der Waals surface area contributed by atoms with Gasteiger partial charge < -0.3 is 5.11 Å². The van der Waals surface area contributed by atoms with E-state index in [1.54, 1.807) is 30.4 Å². The first-order chi connectivity index (χ1) is 8.75. The monoisotopic (exact) mass is 278 g/mol. The zero-order valence-corrected chi connectivity index (χ0v) is 10.9. The van der Waals surface area contributed by atoms with E-state index >= 15 is 0 Å². The van der Waals surface area contributed by atoms with Gasteiger partial charge in [-0.05, 0) is 24.3 Å². The van der Waals surface area contributed by atoms with Gasteiger partial charge in [-0.3, -0.25) is 9.78 Å². The Bertz CT molecular complexity index is 535. The quantitative estimate of drug-likeness (QED) is 0.848. The smallest absolute Gasteiger partial charge is 0.313 e. The van der Waals surface area contributed by atoms with Crippen molar-refractivity contribution in [2.45, 2.75) is 14.8 Å². The van der Waals surface area contributed by atoms with Gasteiger partial charge in [-0.1, -0.05) is 23.5 Å². The van der Waals surface area contributed by atoms with Crippen LogP contribution in [0, 0.1) is 0 Å². The molecule has 0 amide bonds. The van der Waals surface area contributed by atoms with Crippen LogP contribution in [0.15, 0.2) is 57.7 Å². The van der Waals surface area contributed by atoms with E-state index in [9.17, 15) is 4.79 Å². The van der Waals surface area contributed by atoms with Gasteiger partial charge >= 0.3 is 5.97 Å². The fourth-order valence-electron chi connectivity index (χ4n) is 1.23. The molecule has 92 valence electrons. The van der Waals surface area contributed by atoms with Crippen molar-refractivity contribution in [3.63, 3.8) is 0 Å². The van der Waals surface area contributed by atoms with Crippen molar-refractivity contribution in [1.29, 1.82) is 0 Å². The number of nitrogens with zero attached hydrogens (tertiary/aromatic N) is 2. The first kappa shape index (κ1) is 12.9. The van der Waals surface area contributed by atoms with Crippen LogP contribution >= 0.6 is 23.5 Å². The number of aromatic nitrogens is 2. The van der Waals surface area contributed by atoms with Crippen LogP contribution in [0.25, 0.3) is 0 Å².